The van der Waals surface area contributed by atoms with Crippen molar-refractivity contribution in [1.82, 2.24) is 0 Å². The highest BCUT2D eigenvalue weighted by atomic mass is 16.9. The third-order valence-electron chi connectivity index (χ3n) is 19.5. The van der Waals surface area contributed by atoms with Gasteiger partial charge < -0.3 is 229 Å². The molecule has 46 heteroatoms. The van der Waals surface area contributed by atoms with E-state index >= 15 is 0 Å². The summed E-state index contributed by atoms with van der Waals surface area (Å²) < 4.78 is 99.0. The summed E-state index contributed by atoms with van der Waals surface area (Å²) in [5.74, 6) is -24.1. The van der Waals surface area contributed by atoms with Crippen molar-refractivity contribution in [3.63, 3.8) is 0 Å². The van der Waals surface area contributed by atoms with Crippen LogP contribution < -0.4 is 0 Å². The third-order valence-corrected chi connectivity index (χ3v) is 19.5. The van der Waals surface area contributed by atoms with Crippen molar-refractivity contribution < 1.29 is 229 Å². The molecule has 100 heavy (non-hydrogen) atoms. The Bertz CT molecular complexity index is 2600. The Hall–Kier alpha value is -1.84. The van der Waals surface area contributed by atoms with Gasteiger partial charge in [-0.05, 0) is 0 Å². The molecule has 9 aliphatic heterocycles. The zero-order valence-electron chi connectivity index (χ0n) is 52.7. The molecular formula is C54H92O46. The van der Waals surface area contributed by atoms with E-state index in [0.717, 1.165) is 0 Å². The Balaban J connectivity index is 1.03. The van der Waals surface area contributed by atoms with Crippen LogP contribution in [0, 0.1) is 0 Å². The molecule has 0 saturated carbocycles. The van der Waals surface area contributed by atoms with E-state index in [4.69, 9.17) is 80.5 Å². The first-order chi connectivity index (χ1) is 47.2. The van der Waals surface area contributed by atoms with Crippen LogP contribution in [-0.4, -0.2) is 484 Å². The highest BCUT2D eigenvalue weighted by molar-refractivity contribution is 5.08. The van der Waals surface area contributed by atoms with Crippen LogP contribution in [0.1, 0.15) is 0 Å². The molecule has 9 heterocycles. The molecule has 584 valence electrons. The molecule has 0 spiro atoms. The fraction of sp³-hybridized carbons (Fsp3) is 1.00. The van der Waals surface area contributed by atoms with Crippen molar-refractivity contribution in [3.8, 4) is 0 Å². The monoisotopic (exact) mass is 1480 g/mol. The van der Waals surface area contributed by atoms with E-state index in [-0.39, 0.29) is 0 Å². The average molecular weight is 1480 g/mol. The maximum absolute atomic E-state index is 12.0. The molecule has 9 saturated heterocycles. The number of hydrogen-bond acceptors (Lipinski definition) is 46. The van der Waals surface area contributed by atoms with Crippen molar-refractivity contribution in [2.45, 2.75) is 223 Å². The quantitative estimate of drug-likeness (QED) is 0.0290. The summed E-state index contributed by atoms with van der Waals surface area (Å²) in [7, 11) is 0. The predicted molar refractivity (Wildman–Crippen MR) is 297 cm³/mol. The first-order valence-corrected chi connectivity index (χ1v) is 31.4. The van der Waals surface area contributed by atoms with Crippen molar-refractivity contribution in [1.29, 1.82) is 0 Å². The molecule has 29 N–H and O–H groups in total. The standard InChI is InChI=1S/C54H92O46/c55-1-18-27(65)36(74)37(75)46(91-18)100-54(45(83)35(73)26(9-63)99-54)17-90-53(44(82)34(72)25(8-62)98-53)16-89-52(43(81)33(71)24(7-61)97-52)15-88-51(42(80)32(70)23(6-60)96-51)14-87-50(41(79)31(69)22(5-59)95-50)13-86-49(40(78)30(68)21(4-58)94-49)12-85-48(39(77)29(67)20(3-57)93-48)11-84-47(10-64)38(76)28(66)19(2-56)92-47/h18-46,55-83H,1-17H2/t18?,19?,20?,21?,22?,23?,24?,25?,26?,27?,28?,29?,30?,31?,32?,33?,34?,35?,36?,37?,38?,39?,40?,41?,42?,43?,44?,45?,46?,47-,48-,49-,50-,51-,52-,53-,54+/m1/s1. The van der Waals surface area contributed by atoms with Crippen LogP contribution in [0.3, 0.4) is 0 Å². The molecule has 9 fully saturated rings. The first-order valence-electron chi connectivity index (χ1n) is 31.4. The van der Waals surface area contributed by atoms with Gasteiger partial charge in [-0.25, -0.2) is 0 Å². The van der Waals surface area contributed by atoms with E-state index < -0.39 is 336 Å². The largest absolute Gasteiger partial charge is 0.394 e. The highest BCUT2D eigenvalue weighted by Gasteiger charge is 2.69. The lowest BCUT2D eigenvalue weighted by Gasteiger charge is -2.45. The van der Waals surface area contributed by atoms with Crippen molar-refractivity contribution in [3.05, 3.63) is 0 Å². The van der Waals surface area contributed by atoms with Gasteiger partial charge in [0.25, 0.3) is 0 Å². The third kappa shape index (κ3) is 14.5. The van der Waals surface area contributed by atoms with Crippen LogP contribution in [-0.2, 0) is 80.5 Å². The maximum atomic E-state index is 12.0. The second-order valence-electron chi connectivity index (χ2n) is 25.7. The van der Waals surface area contributed by atoms with Crippen molar-refractivity contribution >= 4 is 0 Å². The zero-order chi connectivity index (χ0) is 73.8. The Morgan fingerprint density at radius 1 is 0.200 bits per heavy atom. The molecule has 0 aliphatic carbocycles. The van der Waals surface area contributed by atoms with Gasteiger partial charge in [-0.3, -0.25) is 0 Å². The number of rotatable bonds is 33. The minimum Gasteiger partial charge on any atom is -0.394 e. The number of aliphatic hydroxyl groups excluding tert-OH is 29. The van der Waals surface area contributed by atoms with Crippen LogP contribution in [0.25, 0.3) is 0 Å². The van der Waals surface area contributed by atoms with Gasteiger partial charge >= 0.3 is 0 Å². The molecule has 29 unspecified atom stereocenters. The molecule has 0 radical (unpaired) electrons. The Morgan fingerprint density at radius 3 is 0.590 bits per heavy atom. The van der Waals surface area contributed by atoms with Gasteiger partial charge in [0.2, 0.25) is 46.3 Å². The summed E-state index contributed by atoms with van der Waals surface area (Å²) in [6.45, 7) is -21.6. The van der Waals surface area contributed by atoms with E-state index in [1.54, 1.807) is 0 Å². The average Bonchev–Trinajstić information content (AvgIpc) is 1.61. The fourth-order valence-electron chi connectivity index (χ4n) is 13.2. The molecular weight excluding hydrogens is 1380 g/mol. The van der Waals surface area contributed by atoms with Gasteiger partial charge in [-0.15, -0.1) is 0 Å². The van der Waals surface area contributed by atoms with E-state index in [2.05, 4.69) is 0 Å². The van der Waals surface area contributed by atoms with Gasteiger partial charge in [0.05, 0.1) is 59.5 Å². The van der Waals surface area contributed by atoms with Crippen molar-refractivity contribution in [2.75, 3.05) is 112 Å². The van der Waals surface area contributed by atoms with Gasteiger partial charge in [-0.1, -0.05) is 0 Å². The van der Waals surface area contributed by atoms with Crippen molar-refractivity contribution in [2.24, 2.45) is 0 Å². The van der Waals surface area contributed by atoms with E-state index in [1.165, 1.54) is 0 Å². The SMILES string of the molecule is OCC1OC(O[C@]2(CO[C@]3(CO[C@]4(CO[C@]5(CO[C@]6(CO[C@]7(CO[C@]8(CO[C@]9(CO)OC(CO)C(O)C9O)OC(CO)C(O)C8O)OC(CO)C(O)C7O)OC(CO)C(O)C6O)OC(CO)C(O)C5O)OC(CO)C(O)C4O)OC(CO)C(O)C3O)OC(CO)C(O)C2O)C(O)C(O)C1O. The molecule has 0 aromatic rings. The molecule has 0 amide bonds. The second kappa shape index (κ2) is 32.2. The lowest BCUT2D eigenvalue weighted by Crippen LogP contribution is -2.64. The van der Waals surface area contributed by atoms with Gasteiger partial charge in [0, 0.05) is 0 Å². The summed E-state index contributed by atoms with van der Waals surface area (Å²) >= 11 is 0. The summed E-state index contributed by atoms with van der Waals surface area (Å²) in [4.78, 5) is 0. The smallest absolute Gasteiger partial charge is 0.224 e. The molecule has 46 nitrogen and oxygen atoms in total. The minimum atomic E-state index is -3.15. The topological polar surface area (TPSA) is 744 Å². The normalized spacial score (nSPS) is 52.7. The van der Waals surface area contributed by atoms with Gasteiger partial charge in [0.15, 0.2) is 6.29 Å². The van der Waals surface area contributed by atoms with Crippen LogP contribution in [0.15, 0.2) is 0 Å². The Kier molecular flexibility index (Phi) is 26.4. The molecule has 0 bridgehead atoms. The molecule has 37 atom stereocenters. The highest BCUT2D eigenvalue weighted by Crippen LogP contribution is 2.47. The zero-order valence-corrected chi connectivity index (χ0v) is 52.7. The Morgan fingerprint density at radius 2 is 0.380 bits per heavy atom. The second-order valence-corrected chi connectivity index (χ2v) is 25.7. The fourth-order valence-corrected chi connectivity index (χ4v) is 13.2. The molecule has 0 aromatic heterocycles. The van der Waals surface area contributed by atoms with E-state index in [1.807, 2.05) is 0 Å². The summed E-state index contributed by atoms with van der Waals surface area (Å²) in [6, 6.07) is 0. The molecule has 0 aromatic carbocycles. The lowest BCUT2D eigenvalue weighted by atomic mass is 9.99. The Labute approximate surface area is 563 Å². The van der Waals surface area contributed by atoms with Gasteiger partial charge in [-0.2, -0.15) is 0 Å². The number of aliphatic hydroxyl groups is 29. The first kappa shape index (κ1) is 82.2. The summed E-state index contributed by atoms with van der Waals surface area (Å²) in [5, 5.41) is 316. The van der Waals surface area contributed by atoms with Gasteiger partial charge in [0.1, 0.15) is 224 Å². The lowest BCUT2D eigenvalue weighted by molar-refractivity contribution is -0.407. The molecule has 9 rings (SSSR count). The summed E-state index contributed by atoms with van der Waals surface area (Å²) in [5.41, 5.74) is 0. The molecule has 9 aliphatic rings. The van der Waals surface area contributed by atoms with E-state index in [9.17, 15) is 148 Å². The maximum Gasteiger partial charge on any atom is 0.224 e. The van der Waals surface area contributed by atoms with E-state index in [0.29, 0.717) is 0 Å². The number of ether oxygens (including phenoxy) is 17. The predicted octanol–water partition coefficient (Wildman–Crippen LogP) is -20.6. The van der Waals surface area contributed by atoms with Crippen LogP contribution in [0.4, 0.5) is 0 Å². The van der Waals surface area contributed by atoms with Crippen LogP contribution in [0.5, 0.6) is 0 Å². The summed E-state index contributed by atoms with van der Waals surface area (Å²) in [6.07, 6.45) is -61.9. The number of hydrogen-bond donors (Lipinski definition) is 29. The van der Waals surface area contributed by atoms with Crippen LogP contribution in [0.2, 0.25) is 0 Å². The minimum absolute atomic E-state index is 0.949. The van der Waals surface area contributed by atoms with Crippen LogP contribution >= 0.6 is 0 Å².